The van der Waals surface area contributed by atoms with Gasteiger partial charge in [0.1, 0.15) is 15.4 Å². The minimum atomic E-state index is -2.94. The molecule has 0 unspecified atom stereocenters. The van der Waals surface area contributed by atoms with Gasteiger partial charge in [0.05, 0.1) is 5.75 Å². The molecule has 0 aliphatic carbocycles. The number of nitrogens with one attached hydrogen (secondary N) is 1. The van der Waals surface area contributed by atoms with Crippen LogP contribution in [0.25, 0.3) is 0 Å². The van der Waals surface area contributed by atoms with Crippen LogP contribution in [0.1, 0.15) is 53.9 Å². The summed E-state index contributed by atoms with van der Waals surface area (Å²) in [6.07, 6.45) is 3.50. The van der Waals surface area contributed by atoms with Gasteiger partial charge in [0.15, 0.2) is 5.96 Å². The third kappa shape index (κ3) is 12.2. The van der Waals surface area contributed by atoms with Crippen molar-refractivity contribution in [2.75, 3.05) is 51.3 Å². The zero-order chi connectivity index (χ0) is 22.1. The fourth-order valence-corrected chi connectivity index (χ4v) is 3.89. The van der Waals surface area contributed by atoms with Gasteiger partial charge in [0, 0.05) is 45.5 Å². The van der Waals surface area contributed by atoms with Crippen LogP contribution >= 0.6 is 24.0 Å². The number of carbonyl (C=O) groups is 1. The van der Waals surface area contributed by atoms with Crippen LogP contribution in [0, 0.1) is 5.92 Å². The predicted molar refractivity (Wildman–Crippen MR) is 133 cm³/mol. The molecule has 10 heteroatoms. The maximum absolute atomic E-state index is 12.4. The Bertz CT molecular complexity index is 642. The number of aliphatic imine (C=N–C) groups is 1. The van der Waals surface area contributed by atoms with Crippen molar-refractivity contribution in [3.05, 3.63) is 0 Å². The lowest BCUT2D eigenvalue weighted by atomic mass is 9.96. The lowest BCUT2D eigenvalue weighted by molar-refractivity contribution is 0.0214. The molecule has 0 spiro atoms. The highest BCUT2D eigenvalue weighted by Crippen LogP contribution is 2.20. The molecule has 1 aliphatic heterocycles. The Morgan fingerprint density at radius 3 is 2.30 bits per heavy atom. The van der Waals surface area contributed by atoms with Gasteiger partial charge < -0.3 is 19.9 Å². The molecule has 0 aromatic rings. The standard InChI is InChI=1S/C20H40N4O4S.HI/c1-7-21-18(22-12-9-15-29(6,26)27)24-13-10-17(11-14-24)16-23(8-2)19(25)28-20(3,4)5;/h17H,7-16H2,1-6H3,(H,21,22);1H. The van der Waals surface area contributed by atoms with Crippen LogP contribution in [-0.2, 0) is 14.6 Å². The largest absolute Gasteiger partial charge is 0.444 e. The minimum absolute atomic E-state index is 0. The second kappa shape index (κ2) is 13.6. The van der Waals surface area contributed by atoms with E-state index in [2.05, 4.69) is 15.2 Å². The molecular formula is C20H41IN4O4S. The number of hydrogen-bond acceptors (Lipinski definition) is 5. The number of ether oxygens (including phenoxy) is 1. The van der Waals surface area contributed by atoms with Gasteiger partial charge in [-0.3, -0.25) is 4.99 Å². The first-order valence-electron chi connectivity index (χ1n) is 10.6. The molecule has 0 radical (unpaired) electrons. The summed E-state index contributed by atoms with van der Waals surface area (Å²) in [5.41, 5.74) is -0.484. The summed E-state index contributed by atoms with van der Waals surface area (Å²) in [6.45, 7) is 14.0. The number of nitrogens with zero attached hydrogens (tertiary/aromatic N) is 3. The van der Waals surface area contributed by atoms with Crippen molar-refractivity contribution >= 4 is 45.9 Å². The van der Waals surface area contributed by atoms with Crippen LogP contribution in [0.15, 0.2) is 4.99 Å². The molecule has 8 nitrogen and oxygen atoms in total. The summed E-state index contributed by atoms with van der Waals surface area (Å²) in [5.74, 6) is 1.45. The van der Waals surface area contributed by atoms with Crippen molar-refractivity contribution in [2.45, 2.75) is 59.5 Å². The smallest absolute Gasteiger partial charge is 0.410 e. The van der Waals surface area contributed by atoms with E-state index in [9.17, 15) is 13.2 Å². The number of amides is 1. The van der Waals surface area contributed by atoms with E-state index in [0.717, 1.165) is 38.4 Å². The van der Waals surface area contributed by atoms with E-state index in [4.69, 9.17) is 4.74 Å². The third-order valence-corrected chi connectivity index (χ3v) is 5.73. The van der Waals surface area contributed by atoms with E-state index in [1.165, 1.54) is 6.26 Å². The van der Waals surface area contributed by atoms with Crippen LogP contribution < -0.4 is 5.32 Å². The first-order valence-corrected chi connectivity index (χ1v) is 12.7. The Morgan fingerprint density at radius 1 is 1.23 bits per heavy atom. The average molecular weight is 561 g/mol. The molecule has 0 atom stereocenters. The van der Waals surface area contributed by atoms with Crippen LogP contribution in [0.3, 0.4) is 0 Å². The Morgan fingerprint density at radius 2 is 1.83 bits per heavy atom. The molecule has 1 rings (SSSR count). The number of rotatable bonds is 8. The van der Waals surface area contributed by atoms with Crippen molar-refractivity contribution in [3.63, 3.8) is 0 Å². The summed E-state index contributed by atoms with van der Waals surface area (Å²) in [6, 6.07) is 0. The Balaban J connectivity index is 0.00000841. The van der Waals surface area contributed by atoms with Gasteiger partial charge in [0.25, 0.3) is 0 Å². The highest BCUT2D eigenvalue weighted by molar-refractivity contribution is 14.0. The molecule has 1 heterocycles. The second-order valence-corrected chi connectivity index (χ2v) is 10.9. The lowest BCUT2D eigenvalue weighted by Gasteiger charge is -2.36. The van der Waals surface area contributed by atoms with Crippen LogP contribution in [-0.4, -0.2) is 87.1 Å². The van der Waals surface area contributed by atoms with Gasteiger partial charge in [-0.05, 0) is 59.8 Å². The van der Waals surface area contributed by atoms with Gasteiger partial charge in [0.2, 0.25) is 0 Å². The fraction of sp³-hybridized carbons (Fsp3) is 0.900. The Labute approximate surface area is 200 Å². The first-order chi connectivity index (χ1) is 13.4. The summed E-state index contributed by atoms with van der Waals surface area (Å²) in [7, 11) is -2.94. The first kappa shape index (κ1) is 29.2. The predicted octanol–water partition coefficient (Wildman–Crippen LogP) is 2.97. The molecule has 1 N–H and O–H groups in total. The summed E-state index contributed by atoms with van der Waals surface area (Å²) in [5, 5.41) is 3.30. The van der Waals surface area contributed by atoms with Crippen LogP contribution in [0.4, 0.5) is 4.79 Å². The quantitative estimate of drug-likeness (QED) is 0.213. The maximum atomic E-state index is 12.4. The number of hydrogen-bond donors (Lipinski definition) is 1. The highest BCUT2D eigenvalue weighted by Gasteiger charge is 2.27. The molecule has 1 fully saturated rings. The monoisotopic (exact) mass is 560 g/mol. The van der Waals surface area contributed by atoms with E-state index >= 15 is 0 Å². The number of likely N-dealkylation sites (tertiary alicyclic amines) is 1. The van der Waals surface area contributed by atoms with Gasteiger partial charge in [-0.15, -0.1) is 24.0 Å². The summed E-state index contributed by atoms with van der Waals surface area (Å²) < 4.78 is 28.0. The highest BCUT2D eigenvalue weighted by atomic mass is 127. The third-order valence-electron chi connectivity index (χ3n) is 4.70. The van der Waals surface area contributed by atoms with Crippen LogP contribution in [0.2, 0.25) is 0 Å². The van der Waals surface area contributed by atoms with E-state index in [0.29, 0.717) is 32.0 Å². The van der Waals surface area contributed by atoms with Gasteiger partial charge in [-0.2, -0.15) is 0 Å². The number of carbonyl (C=O) groups excluding carboxylic acids is 1. The molecule has 0 aromatic carbocycles. The fourth-order valence-electron chi connectivity index (χ4n) is 3.24. The van der Waals surface area contributed by atoms with Crippen molar-refractivity contribution < 1.29 is 17.9 Å². The van der Waals surface area contributed by atoms with Gasteiger partial charge >= 0.3 is 6.09 Å². The zero-order valence-corrected chi connectivity index (χ0v) is 22.6. The van der Waals surface area contributed by atoms with Crippen molar-refractivity contribution in [1.82, 2.24) is 15.1 Å². The van der Waals surface area contributed by atoms with E-state index < -0.39 is 15.4 Å². The number of sulfone groups is 1. The molecule has 0 saturated carbocycles. The molecule has 178 valence electrons. The maximum Gasteiger partial charge on any atom is 0.410 e. The molecule has 0 aromatic heterocycles. The Kier molecular flexibility index (Phi) is 13.2. The van der Waals surface area contributed by atoms with Crippen LogP contribution in [0.5, 0.6) is 0 Å². The zero-order valence-electron chi connectivity index (χ0n) is 19.4. The van der Waals surface area contributed by atoms with Crippen molar-refractivity contribution in [3.8, 4) is 0 Å². The molecule has 1 amide bonds. The van der Waals surface area contributed by atoms with E-state index in [1.807, 2.05) is 34.6 Å². The number of halogens is 1. The number of piperidine rings is 1. The molecule has 1 aliphatic rings. The molecule has 30 heavy (non-hydrogen) atoms. The lowest BCUT2D eigenvalue weighted by Crippen LogP contribution is -2.48. The summed E-state index contributed by atoms with van der Waals surface area (Å²) >= 11 is 0. The molecule has 0 bridgehead atoms. The molecular weight excluding hydrogens is 519 g/mol. The molecule has 1 saturated heterocycles. The average Bonchev–Trinajstić information content (AvgIpc) is 2.60. The normalized spacial score (nSPS) is 16.1. The van der Waals surface area contributed by atoms with E-state index in [-0.39, 0.29) is 35.8 Å². The topological polar surface area (TPSA) is 91.3 Å². The van der Waals surface area contributed by atoms with Gasteiger partial charge in [-0.1, -0.05) is 0 Å². The van der Waals surface area contributed by atoms with Gasteiger partial charge in [-0.25, -0.2) is 13.2 Å². The second-order valence-electron chi connectivity index (χ2n) is 8.67. The van der Waals surface area contributed by atoms with E-state index in [1.54, 1.807) is 4.90 Å². The SMILES string of the molecule is CCNC(=NCCCS(C)(=O)=O)N1CCC(CN(CC)C(=O)OC(C)(C)C)CC1.I. The van der Waals surface area contributed by atoms with Crippen molar-refractivity contribution in [2.24, 2.45) is 10.9 Å². The minimum Gasteiger partial charge on any atom is -0.444 e. The Hall–Kier alpha value is -0.780. The summed E-state index contributed by atoms with van der Waals surface area (Å²) in [4.78, 5) is 21.0. The van der Waals surface area contributed by atoms with Crippen molar-refractivity contribution in [1.29, 1.82) is 0 Å². The number of guanidine groups is 1.